The van der Waals surface area contributed by atoms with Crippen LogP contribution < -0.4 is 10.1 Å². The summed E-state index contributed by atoms with van der Waals surface area (Å²) in [4.78, 5) is 12.9. The van der Waals surface area contributed by atoms with E-state index < -0.39 is 0 Å². The fourth-order valence-corrected chi connectivity index (χ4v) is 4.00. The third-order valence-electron chi connectivity index (χ3n) is 5.92. The molecule has 35 heavy (non-hydrogen) atoms. The lowest BCUT2D eigenvalue weighted by Gasteiger charge is -2.16. The van der Waals surface area contributed by atoms with E-state index >= 15 is 0 Å². The van der Waals surface area contributed by atoms with Gasteiger partial charge in [-0.15, -0.1) is 10.2 Å². The minimum absolute atomic E-state index is 0.0998. The van der Waals surface area contributed by atoms with Crippen LogP contribution in [0.2, 0.25) is 0 Å². The molecule has 7 heteroatoms. The lowest BCUT2D eigenvalue weighted by molar-refractivity contribution is 0.0681. The van der Waals surface area contributed by atoms with Gasteiger partial charge in [0.25, 0.3) is 5.91 Å². The van der Waals surface area contributed by atoms with Gasteiger partial charge in [-0.25, -0.2) is 0 Å². The molecule has 3 aromatic carbocycles. The lowest BCUT2D eigenvalue weighted by Crippen LogP contribution is -2.18. The van der Waals surface area contributed by atoms with Crippen molar-refractivity contribution in [2.45, 2.75) is 32.8 Å². The Balaban J connectivity index is 1.27. The second-order valence-corrected chi connectivity index (χ2v) is 8.76. The van der Waals surface area contributed by atoms with Crippen molar-refractivity contribution in [2.24, 2.45) is 0 Å². The van der Waals surface area contributed by atoms with Crippen LogP contribution in [0, 0.1) is 13.8 Å². The van der Waals surface area contributed by atoms with Crippen molar-refractivity contribution in [3.63, 3.8) is 0 Å². The Morgan fingerprint density at radius 3 is 2.49 bits per heavy atom. The Labute approximate surface area is 204 Å². The molecule has 4 aromatic rings. The number of amides is 1. The number of carbonyl (C=O) groups is 1. The minimum atomic E-state index is -0.228. The van der Waals surface area contributed by atoms with Gasteiger partial charge in [-0.05, 0) is 80.8 Å². The van der Waals surface area contributed by atoms with E-state index in [2.05, 4.69) is 15.5 Å². The van der Waals surface area contributed by atoms with Gasteiger partial charge in [-0.3, -0.25) is 4.79 Å². The molecule has 1 aromatic heterocycles. The Morgan fingerprint density at radius 2 is 1.74 bits per heavy atom. The summed E-state index contributed by atoms with van der Waals surface area (Å²) in [5, 5.41) is 11.3. The molecule has 5 rings (SSSR count). The second kappa shape index (κ2) is 10.1. The van der Waals surface area contributed by atoms with Crippen molar-refractivity contribution < 1.29 is 18.7 Å². The van der Waals surface area contributed by atoms with E-state index in [1.165, 1.54) is 0 Å². The smallest absolute Gasteiger partial charge is 0.255 e. The van der Waals surface area contributed by atoms with Crippen LogP contribution in [0.5, 0.6) is 5.75 Å². The molecule has 0 saturated carbocycles. The van der Waals surface area contributed by atoms with Gasteiger partial charge < -0.3 is 19.2 Å². The summed E-state index contributed by atoms with van der Waals surface area (Å²) in [6, 6.07) is 20.7. The number of nitrogens with one attached hydrogen (secondary N) is 1. The third kappa shape index (κ3) is 5.41. The van der Waals surface area contributed by atoms with E-state index in [1.54, 1.807) is 24.3 Å². The van der Waals surface area contributed by atoms with E-state index in [9.17, 15) is 4.79 Å². The average molecular weight is 470 g/mol. The molecule has 1 saturated heterocycles. The number of hydrogen-bond donors (Lipinski definition) is 1. The highest BCUT2D eigenvalue weighted by atomic mass is 16.5. The van der Waals surface area contributed by atoms with Crippen LogP contribution in [0.15, 0.2) is 71.1 Å². The van der Waals surface area contributed by atoms with Gasteiger partial charge in [0.2, 0.25) is 11.8 Å². The predicted molar refractivity (Wildman–Crippen MR) is 134 cm³/mol. The molecule has 1 atom stereocenters. The molecular formula is C28H27N3O4. The summed E-state index contributed by atoms with van der Waals surface area (Å²) in [7, 11) is 0. The zero-order valence-corrected chi connectivity index (χ0v) is 19.8. The number of anilines is 1. The fourth-order valence-electron chi connectivity index (χ4n) is 4.00. The molecular weight excluding hydrogens is 442 g/mol. The van der Waals surface area contributed by atoms with Crippen LogP contribution in [0.3, 0.4) is 0 Å². The molecule has 1 unspecified atom stereocenters. The number of nitrogens with zero attached hydrogens (tertiary/aromatic N) is 2. The number of aromatic nitrogens is 2. The third-order valence-corrected chi connectivity index (χ3v) is 5.92. The highest BCUT2D eigenvalue weighted by Crippen LogP contribution is 2.28. The van der Waals surface area contributed by atoms with Gasteiger partial charge >= 0.3 is 0 Å². The van der Waals surface area contributed by atoms with Crippen molar-refractivity contribution in [1.29, 1.82) is 0 Å². The first-order valence-corrected chi connectivity index (χ1v) is 11.7. The van der Waals surface area contributed by atoms with E-state index in [1.807, 2.05) is 56.3 Å². The largest absolute Gasteiger partial charge is 0.489 e. The quantitative estimate of drug-likeness (QED) is 0.366. The first-order valence-electron chi connectivity index (χ1n) is 11.7. The Bertz CT molecular complexity index is 1320. The number of hydrogen-bond acceptors (Lipinski definition) is 6. The van der Waals surface area contributed by atoms with Crippen molar-refractivity contribution in [3.8, 4) is 28.7 Å². The molecule has 0 bridgehead atoms. The van der Waals surface area contributed by atoms with Gasteiger partial charge in [0, 0.05) is 23.3 Å². The minimum Gasteiger partial charge on any atom is -0.489 e. The highest BCUT2D eigenvalue weighted by molar-refractivity contribution is 6.05. The average Bonchev–Trinajstić information content (AvgIpc) is 3.57. The summed E-state index contributed by atoms with van der Waals surface area (Å²) in [5.41, 5.74) is 4.92. The maximum absolute atomic E-state index is 12.9. The number of benzene rings is 3. The van der Waals surface area contributed by atoms with E-state index in [4.69, 9.17) is 13.9 Å². The number of carbonyl (C=O) groups excluding carboxylic acids is 1. The molecule has 0 spiro atoms. The van der Waals surface area contributed by atoms with Crippen LogP contribution in [0.25, 0.3) is 22.9 Å². The fraction of sp³-hybridized carbons (Fsp3) is 0.250. The number of ether oxygens (including phenoxy) is 2. The summed E-state index contributed by atoms with van der Waals surface area (Å²) in [5.74, 6) is 1.27. The first-order chi connectivity index (χ1) is 17.0. The Morgan fingerprint density at radius 1 is 0.971 bits per heavy atom. The van der Waals surface area contributed by atoms with E-state index in [0.29, 0.717) is 35.4 Å². The molecule has 0 radical (unpaired) electrons. The van der Waals surface area contributed by atoms with Gasteiger partial charge in [-0.2, -0.15) is 0 Å². The monoisotopic (exact) mass is 469 g/mol. The van der Waals surface area contributed by atoms with Gasteiger partial charge in [0.1, 0.15) is 12.4 Å². The molecule has 7 nitrogen and oxygen atoms in total. The molecule has 1 N–H and O–H groups in total. The normalized spacial score (nSPS) is 15.2. The maximum atomic E-state index is 12.9. The van der Waals surface area contributed by atoms with Crippen molar-refractivity contribution in [3.05, 3.63) is 83.4 Å². The molecule has 1 fully saturated rings. The summed E-state index contributed by atoms with van der Waals surface area (Å²) in [6.07, 6.45) is 2.15. The van der Waals surface area contributed by atoms with Crippen LogP contribution in [-0.2, 0) is 4.74 Å². The van der Waals surface area contributed by atoms with Crippen LogP contribution in [0.1, 0.15) is 34.3 Å². The molecule has 1 aliphatic heterocycles. The second-order valence-electron chi connectivity index (χ2n) is 8.76. The van der Waals surface area contributed by atoms with Crippen molar-refractivity contribution in [2.75, 3.05) is 18.5 Å². The van der Waals surface area contributed by atoms with E-state index in [0.717, 1.165) is 41.7 Å². The van der Waals surface area contributed by atoms with Crippen molar-refractivity contribution in [1.82, 2.24) is 10.2 Å². The van der Waals surface area contributed by atoms with Crippen LogP contribution in [-0.4, -0.2) is 35.4 Å². The number of rotatable bonds is 7. The first kappa shape index (κ1) is 22.8. The highest BCUT2D eigenvalue weighted by Gasteiger charge is 2.18. The molecule has 2 heterocycles. The standard InChI is InChI=1S/C28H27N3O4/c1-18-5-3-6-22(15-18)28-31-30-27(35-28)21-11-9-20(10-12-21)26(32)29-24-13-8-19(2)16-25(24)34-17-23-7-4-14-33-23/h3,5-6,8-13,15-16,23H,4,7,14,17H2,1-2H3,(H,29,32). The zero-order chi connectivity index (χ0) is 24.2. The summed E-state index contributed by atoms with van der Waals surface area (Å²) < 4.78 is 17.5. The molecule has 178 valence electrons. The lowest BCUT2D eigenvalue weighted by atomic mass is 10.1. The SMILES string of the molecule is Cc1cccc(-c2nnc(-c3ccc(C(=O)Nc4ccc(C)cc4OCC4CCCO4)cc3)o2)c1. The molecule has 1 aliphatic rings. The maximum Gasteiger partial charge on any atom is 0.255 e. The van der Waals surface area contributed by atoms with Crippen molar-refractivity contribution >= 4 is 11.6 Å². The summed E-state index contributed by atoms with van der Waals surface area (Å²) in [6.45, 7) is 5.25. The van der Waals surface area contributed by atoms with E-state index in [-0.39, 0.29) is 12.0 Å². The Kier molecular flexibility index (Phi) is 6.59. The van der Waals surface area contributed by atoms with Crippen LogP contribution >= 0.6 is 0 Å². The van der Waals surface area contributed by atoms with Crippen LogP contribution in [0.4, 0.5) is 5.69 Å². The number of aryl methyl sites for hydroxylation is 2. The molecule has 0 aliphatic carbocycles. The molecule has 1 amide bonds. The Hall–Kier alpha value is -3.97. The topological polar surface area (TPSA) is 86.5 Å². The summed E-state index contributed by atoms with van der Waals surface area (Å²) >= 11 is 0. The van der Waals surface area contributed by atoms with Gasteiger partial charge in [-0.1, -0.05) is 23.8 Å². The predicted octanol–water partition coefficient (Wildman–Crippen LogP) is 5.83. The van der Waals surface area contributed by atoms with Gasteiger partial charge in [0.15, 0.2) is 0 Å². The zero-order valence-electron chi connectivity index (χ0n) is 19.8. The van der Waals surface area contributed by atoms with Gasteiger partial charge in [0.05, 0.1) is 11.8 Å².